The van der Waals surface area contributed by atoms with Gasteiger partial charge in [-0.15, -0.1) is 29.7 Å². The molecular weight excluding hydrogens is 264 g/mol. The molecule has 18 heavy (non-hydrogen) atoms. The first-order chi connectivity index (χ1) is 8.76. The van der Waals surface area contributed by atoms with E-state index in [1.807, 2.05) is 17.5 Å². The van der Waals surface area contributed by atoms with Gasteiger partial charge < -0.3 is 5.32 Å². The molecule has 1 aliphatic rings. The van der Waals surface area contributed by atoms with E-state index in [4.69, 9.17) is 0 Å². The first-order valence-corrected chi connectivity index (χ1v) is 7.34. The summed E-state index contributed by atoms with van der Waals surface area (Å²) in [5.41, 5.74) is 0.656. The number of carbonyl (C=O) groups excluding carboxylic acids is 1. The second-order valence-electron chi connectivity index (χ2n) is 3.77. The van der Waals surface area contributed by atoms with Gasteiger partial charge in [-0.2, -0.15) is 5.26 Å². The summed E-state index contributed by atoms with van der Waals surface area (Å²) in [7, 11) is 0. The van der Waals surface area contributed by atoms with Gasteiger partial charge in [0.05, 0.1) is 16.7 Å². The third kappa shape index (κ3) is 2.66. The average molecular weight is 276 g/mol. The van der Waals surface area contributed by atoms with E-state index in [2.05, 4.69) is 18.0 Å². The maximum atomic E-state index is 11.7. The number of carbonyl (C=O) groups is 1. The van der Waals surface area contributed by atoms with E-state index in [0.29, 0.717) is 22.8 Å². The van der Waals surface area contributed by atoms with Gasteiger partial charge in [0.2, 0.25) is 5.91 Å². The molecule has 0 unspecified atom stereocenters. The first kappa shape index (κ1) is 12.9. The zero-order valence-electron chi connectivity index (χ0n) is 9.68. The lowest BCUT2D eigenvalue weighted by Crippen LogP contribution is -2.30. The number of amides is 1. The van der Waals surface area contributed by atoms with Gasteiger partial charge in [-0.25, -0.2) is 0 Å². The van der Waals surface area contributed by atoms with Crippen molar-refractivity contribution in [2.24, 2.45) is 0 Å². The maximum absolute atomic E-state index is 11.7. The summed E-state index contributed by atoms with van der Waals surface area (Å²) in [6, 6.07) is 6.15. The summed E-state index contributed by atoms with van der Waals surface area (Å²) < 4.78 is 0. The topological polar surface area (TPSA) is 52.9 Å². The third-order valence-corrected chi connectivity index (χ3v) is 4.59. The van der Waals surface area contributed by atoms with Crippen molar-refractivity contribution in [1.82, 2.24) is 5.32 Å². The molecule has 0 saturated carbocycles. The zero-order valence-corrected chi connectivity index (χ0v) is 11.3. The Balaban J connectivity index is 2.36. The Kier molecular flexibility index (Phi) is 4.24. The van der Waals surface area contributed by atoms with Crippen molar-refractivity contribution >= 4 is 29.0 Å². The van der Waals surface area contributed by atoms with Gasteiger partial charge in [-0.05, 0) is 11.4 Å². The van der Waals surface area contributed by atoms with Crippen LogP contribution in [0.25, 0.3) is 0 Å². The van der Waals surface area contributed by atoms with E-state index < -0.39 is 0 Å². The van der Waals surface area contributed by atoms with Gasteiger partial charge in [-0.3, -0.25) is 4.79 Å². The molecule has 0 fully saturated rings. The predicted molar refractivity (Wildman–Crippen MR) is 75.1 cm³/mol. The molecule has 2 heterocycles. The third-order valence-electron chi connectivity index (χ3n) is 2.59. The number of hydrogen-bond acceptors (Lipinski definition) is 4. The Morgan fingerprint density at radius 1 is 1.72 bits per heavy atom. The lowest BCUT2D eigenvalue weighted by molar-refractivity contribution is -0.120. The van der Waals surface area contributed by atoms with Crippen molar-refractivity contribution in [3.8, 4) is 6.07 Å². The lowest BCUT2D eigenvalue weighted by Gasteiger charge is -2.23. The molecule has 0 saturated heterocycles. The molecule has 1 aromatic heterocycles. The number of hydrogen-bond donors (Lipinski definition) is 1. The van der Waals surface area contributed by atoms with E-state index >= 15 is 0 Å². The molecule has 0 radical (unpaired) electrons. The SMILES string of the molecule is C=CCSC1=C(C#N)[C@H](c2cccs2)CC(=O)N1. The maximum Gasteiger partial charge on any atom is 0.225 e. The molecule has 2 rings (SSSR count). The summed E-state index contributed by atoms with van der Waals surface area (Å²) in [6.07, 6.45) is 2.11. The molecule has 1 amide bonds. The minimum atomic E-state index is -0.101. The highest BCUT2D eigenvalue weighted by Crippen LogP contribution is 2.37. The second-order valence-corrected chi connectivity index (χ2v) is 5.78. The van der Waals surface area contributed by atoms with E-state index in [0.717, 1.165) is 4.88 Å². The molecule has 0 bridgehead atoms. The van der Waals surface area contributed by atoms with Crippen LogP contribution < -0.4 is 5.32 Å². The van der Waals surface area contributed by atoms with Crippen LogP contribution in [0.1, 0.15) is 17.2 Å². The van der Waals surface area contributed by atoms with Gasteiger partial charge in [0.1, 0.15) is 0 Å². The van der Waals surface area contributed by atoms with Crippen molar-refractivity contribution in [2.45, 2.75) is 12.3 Å². The van der Waals surface area contributed by atoms with Crippen molar-refractivity contribution in [2.75, 3.05) is 5.75 Å². The molecule has 5 heteroatoms. The van der Waals surface area contributed by atoms with Crippen molar-refractivity contribution in [3.05, 3.63) is 45.6 Å². The number of thioether (sulfide) groups is 1. The number of allylic oxidation sites excluding steroid dienone is 1. The highest BCUT2D eigenvalue weighted by molar-refractivity contribution is 8.03. The number of nitriles is 1. The highest BCUT2D eigenvalue weighted by Gasteiger charge is 2.29. The molecule has 92 valence electrons. The van der Waals surface area contributed by atoms with Gasteiger partial charge in [0.25, 0.3) is 0 Å². The van der Waals surface area contributed by atoms with Crippen LogP contribution >= 0.6 is 23.1 Å². The average Bonchev–Trinajstić information content (AvgIpc) is 2.89. The van der Waals surface area contributed by atoms with Crippen molar-refractivity contribution in [1.29, 1.82) is 5.26 Å². The van der Waals surface area contributed by atoms with Crippen LogP contribution in [0, 0.1) is 11.3 Å². The first-order valence-electron chi connectivity index (χ1n) is 5.47. The van der Waals surface area contributed by atoms with Crippen LogP contribution in [-0.4, -0.2) is 11.7 Å². The van der Waals surface area contributed by atoms with E-state index in [1.165, 1.54) is 11.8 Å². The minimum Gasteiger partial charge on any atom is -0.320 e. The Morgan fingerprint density at radius 3 is 3.17 bits per heavy atom. The molecular formula is C13H12N2OS2. The fraction of sp³-hybridized carbons (Fsp3) is 0.231. The van der Waals surface area contributed by atoms with Crippen LogP contribution in [0.5, 0.6) is 0 Å². The van der Waals surface area contributed by atoms with Gasteiger partial charge in [-0.1, -0.05) is 12.1 Å². The van der Waals surface area contributed by atoms with Gasteiger partial charge >= 0.3 is 0 Å². The summed E-state index contributed by atoms with van der Waals surface area (Å²) >= 11 is 3.03. The molecule has 0 aromatic carbocycles. The number of nitrogens with one attached hydrogen (secondary N) is 1. The van der Waals surface area contributed by atoms with Gasteiger partial charge in [0.15, 0.2) is 0 Å². The molecule has 0 spiro atoms. The Bertz CT molecular complexity index is 526. The molecule has 1 N–H and O–H groups in total. The van der Waals surface area contributed by atoms with E-state index in [9.17, 15) is 10.1 Å². The minimum absolute atomic E-state index is 0.0287. The Hall–Kier alpha value is -1.51. The number of nitrogens with zero attached hydrogens (tertiary/aromatic N) is 1. The summed E-state index contributed by atoms with van der Waals surface area (Å²) in [5, 5.41) is 14.7. The highest BCUT2D eigenvalue weighted by atomic mass is 32.2. The zero-order chi connectivity index (χ0) is 13.0. The number of rotatable bonds is 4. The summed E-state index contributed by atoms with van der Waals surface area (Å²) in [6.45, 7) is 3.65. The molecule has 1 atom stereocenters. The van der Waals surface area contributed by atoms with Crippen LogP contribution in [0.3, 0.4) is 0 Å². The second kappa shape index (κ2) is 5.89. The molecule has 3 nitrogen and oxygen atoms in total. The molecule has 0 aliphatic carbocycles. The standard InChI is InChI=1S/C13H12N2OS2/c1-2-5-18-13-10(8-14)9(7-12(16)15-13)11-4-3-6-17-11/h2-4,6,9H,1,5,7H2,(H,15,16)/t9-/m1/s1. The summed E-state index contributed by atoms with van der Waals surface area (Å²) in [4.78, 5) is 12.8. The van der Waals surface area contributed by atoms with Crippen LogP contribution in [0.15, 0.2) is 40.8 Å². The van der Waals surface area contributed by atoms with Crippen molar-refractivity contribution < 1.29 is 4.79 Å². The van der Waals surface area contributed by atoms with Crippen LogP contribution in [0.2, 0.25) is 0 Å². The van der Waals surface area contributed by atoms with Crippen molar-refractivity contribution in [3.63, 3.8) is 0 Å². The smallest absolute Gasteiger partial charge is 0.225 e. The van der Waals surface area contributed by atoms with Crippen LogP contribution in [0.4, 0.5) is 0 Å². The lowest BCUT2D eigenvalue weighted by atomic mass is 9.93. The monoisotopic (exact) mass is 276 g/mol. The number of thiophene rings is 1. The van der Waals surface area contributed by atoms with Crippen LogP contribution in [-0.2, 0) is 4.79 Å². The molecule has 1 aromatic rings. The van der Waals surface area contributed by atoms with Gasteiger partial charge in [0, 0.05) is 23.0 Å². The van der Waals surface area contributed by atoms with E-state index in [1.54, 1.807) is 17.4 Å². The fourth-order valence-corrected chi connectivity index (χ4v) is 3.46. The summed E-state index contributed by atoms with van der Waals surface area (Å²) in [5.74, 6) is 0.549. The predicted octanol–water partition coefficient (Wildman–Crippen LogP) is 3.01. The quantitative estimate of drug-likeness (QED) is 0.860. The fourth-order valence-electron chi connectivity index (χ4n) is 1.81. The normalized spacial score (nSPS) is 19.3. The Morgan fingerprint density at radius 2 is 2.56 bits per heavy atom. The largest absolute Gasteiger partial charge is 0.320 e. The van der Waals surface area contributed by atoms with E-state index in [-0.39, 0.29) is 11.8 Å². The Labute approximate surface area is 114 Å². The molecule has 1 aliphatic heterocycles.